The van der Waals surface area contributed by atoms with Crippen molar-refractivity contribution in [2.24, 2.45) is 0 Å². The molecule has 18 heavy (non-hydrogen) atoms. The molecular formula is C11H14F3N3O. The van der Waals surface area contributed by atoms with E-state index in [0.717, 1.165) is 32.1 Å². The highest BCUT2D eigenvalue weighted by Gasteiger charge is 2.33. The van der Waals surface area contributed by atoms with E-state index >= 15 is 0 Å². The molecule has 0 unspecified atom stereocenters. The van der Waals surface area contributed by atoms with Crippen molar-refractivity contribution in [1.82, 2.24) is 14.9 Å². The topological polar surface area (TPSA) is 38.2 Å². The van der Waals surface area contributed by atoms with E-state index < -0.39 is 11.9 Å². The fourth-order valence-corrected chi connectivity index (χ4v) is 1.91. The average Bonchev–Trinajstić information content (AvgIpc) is 2.28. The van der Waals surface area contributed by atoms with E-state index in [1.54, 1.807) is 0 Å². The SMILES string of the molecule is CN1CCC[C@@H](Oc2cnc(C(F)(F)F)cn2)C1. The Labute approximate surface area is 103 Å². The molecule has 0 bridgehead atoms. The molecule has 2 heterocycles. The molecule has 0 saturated carbocycles. The molecule has 0 aromatic carbocycles. The Morgan fingerprint density at radius 3 is 2.67 bits per heavy atom. The summed E-state index contributed by atoms with van der Waals surface area (Å²) in [6, 6.07) is 0. The number of likely N-dealkylation sites (tertiary alicyclic amines) is 1. The number of piperidine rings is 1. The molecule has 1 fully saturated rings. The monoisotopic (exact) mass is 261 g/mol. The lowest BCUT2D eigenvalue weighted by molar-refractivity contribution is -0.141. The molecule has 0 N–H and O–H groups in total. The van der Waals surface area contributed by atoms with Gasteiger partial charge in [0, 0.05) is 6.54 Å². The van der Waals surface area contributed by atoms with Gasteiger partial charge in [-0.3, -0.25) is 0 Å². The van der Waals surface area contributed by atoms with Crippen LogP contribution in [0.1, 0.15) is 18.5 Å². The van der Waals surface area contributed by atoms with Gasteiger partial charge in [0.25, 0.3) is 0 Å². The number of ether oxygens (including phenoxy) is 1. The summed E-state index contributed by atoms with van der Waals surface area (Å²) in [5.74, 6) is 0.142. The maximum absolute atomic E-state index is 12.3. The number of halogens is 3. The summed E-state index contributed by atoms with van der Waals surface area (Å²) < 4.78 is 42.3. The summed E-state index contributed by atoms with van der Waals surface area (Å²) in [7, 11) is 1.98. The fourth-order valence-electron chi connectivity index (χ4n) is 1.91. The Hall–Kier alpha value is -1.37. The Morgan fingerprint density at radius 2 is 2.11 bits per heavy atom. The van der Waals surface area contributed by atoms with Crippen molar-refractivity contribution in [3.05, 3.63) is 18.1 Å². The fraction of sp³-hybridized carbons (Fsp3) is 0.636. The van der Waals surface area contributed by atoms with E-state index in [-0.39, 0.29) is 12.0 Å². The average molecular weight is 261 g/mol. The highest BCUT2D eigenvalue weighted by atomic mass is 19.4. The highest BCUT2D eigenvalue weighted by molar-refractivity contribution is 5.10. The summed E-state index contributed by atoms with van der Waals surface area (Å²) >= 11 is 0. The van der Waals surface area contributed by atoms with Gasteiger partial charge in [-0.15, -0.1) is 0 Å². The number of alkyl halides is 3. The van der Waals surface area contributed by atoms with Gasteiger partial charge in [0.1, 0.15) is 6.10 Å². The normalized spacial score (nSPS) is 21.9. The van der Waals surface area contributed by atoms with Gasteiger partial charge in [-0.25, -0.2) is 9.97 Å². The third-order valence-electron chi connectivity index (χ3n) is 2.79. The molecule has 0 radical (unpaired) electrons. The Balaban J connectivity index is 1.98. The van der Waals surface area contributed by atoms with Crippen LogP contribution >= 0.6 is 0 Å². The largest absolute Gasteiger partial charge is 0.472 e. The van der Waals surface area contributed by atoms with E-state index in [1.165, 1.54) is 0 Å². The number of nitrogens with zero attached hydrogens (tertiary/aromatic N) is 3. The quantitative estimate of drug-likeness (QED) is 0.815. The molecule has 1 aliphatic rings. The van der Waals surface area contributed by atoms with Gasteiger partial charge in [0.05, 0.1) is 12.4 Å². The van der Waals surface area contributed by atoms with Gasteiger partial charge in [0.15, 0.2) is 5.69 Å². The summed E-state index contributed by atoms with van der Waals surface area (Å²) in [6.45, 7) is 1.77. The number of hydrogen-bond donors (Lipinski definition) is 0. The van der Waals surface area contributed by atoms with Gasteiger partial charge in [-0.2, -0.15) is 13.2 Å². The lowest BCUT2D eigenvalue weighted by Gasteiger charge is -2.29. The molecule has 0 aliphatic carbocycles. The predicted molar refractivity (Wildman–Crippen MR) is 58.2 cm³/mol. The minimum Gasteiger partial charge on any atom is -0.472 e. The zero-order chi connectivity index (χ0) is 13.2. The lowest BCUT2D eigenvalue weighted by atomic mass is 10.1. The van der Waals surface area contributed by atoms with Crippen LogP contribution in [0.5, 0.6) is 5.88 Å². The molecule has 1 aliphatic heterocycles. The number of likely N-dealkylation sites (N-methyl/N-ethyl adjacent to an activating group) is 1. The molecular weight excluding hydrogens is 247 g/mol. The van der Waals surface area contributed by atoms with Gasteiger partial charge in [-0.1, -0.05) is 0 Å². The lowest BCUT2D eigenvalue weighted by Crippen LogP contribution is -2.38. The van der Waals surface area contributed by atoms with Gasteiger partial charge in [0.2, 0.25) is 5.88 Å². The summed E-state index contributed by atoms with van der Waals surface area (Å²) in [5.41, 5.74) is -1.00. The third-order valence-corrected chi connectivity index (χ3v) is 2.79. The molecule has 1 aromatic rings. The molecule has 2 rings (SSSR count). The summed E-state index contributed by atoms with van der Waals surface area (Å²) in [6.07, 6.45) is -0.882. The first-order valence-electron chi connectivity index (χ1n) is 5.69. The maximum Gasteiger partial charge on any atom is 0.434 e. The van der Waals surface area contributed by atoms with Crippen LogP contribution in [0.4, 0.5) is 13.2 Å². The highest BCUT2D eigenvalue weighted by Crippen LogP contribution is 2.27. The first kappa shape index (κ1) is 13.1. The smallest absolute Gasteiger partial charge is 0.434 e. The van der Waals surface area contributed by atoms with Crippen molar-refractivity contribution in [3.8, 4) is 5.88 Å². The molecule has 4 nitrogen and oxygen atoms in total. The van der Waals surface area contributed by atoms with Gasteiger partial charge in [-0.05, 0) is 26.4 Å². The molecule has 0 spiro atoms. The molecule has 100 valence electrons. The van der Waals surface area contributed by atoms with E-state index in [2.05, 4.69) is 14.9 Å². The predicted octanol–water partition coefficient (Wildman–Crippen LogP) is 1.97. The molecule has 7 heteroatoms. The van der Waals surface area contributed by atoms with Crippen LogP contribution in [0.3, 0.4) is 0 Å². The second kappa shape index (κ2) is 5.09. The van der Waals surface area contributed by atoms with Crippen molar-refractivity contribution in [2.75, 3.05) is 20.1 Å². The van der Waals surface area contributed by atoms with Crippen LogP contribution in [0.25, 0.3) is 0 Å². The Morgan fingerprint density at radius 1 is 1.33 bits per heavy atom. The zero-order valence-corrected chi connectivity index (χ0v) is 9.94. The van der Waals surface area contributed by atoms with Crippen LogP contribution in [0, 0.1) is 0 Å². The van der Waals surface area contributed by atoms with Crippen LogP contribution < -0.4 is 4.74 Å². The van der Waals surface area contributed by atoms with Crippen molar-refractivity contribution < 1.29 is 17.9 Å². The molecule has 0 amide bonds. The number of rotatable bonds is 2. The van der Waals surface area contributed by atoms with Crippen molar-refractivity contribution in [1.29, 1.82) is 0 Å². The van der Waals surface area contributed by atoms with E-state index in [9.17, 15) is 13.2 Å². The van der Waals surface area contributed by atoms with Gasteiger partial charge < -0.3 is 9.64 Å². The van der Waals surface area contributed by atoms with E-state index in [4.69, 9.17) is 4.74 Å². The third kappa shape index (κ3) is 3.32. The number of hydrogen-bond acceptors (Lipinski definition) is 4. The standard InChI is InChI=1S/C11H14F3N3O/c1-17-4-2-3-8(7-17)18-10-6-15-9(5-16-10)11(12,13)14/h5-6,8H,2-4,7H2,1H3/t8-/m1/s1. The second-order valence-corrected chi connectivity index (χ2v) is 4.38. The first-order valence-corrected chi connectivity index (χ1v) is 5.69. The minimum atomic E-state index is -4.46. The van der Waals surface area contributed by atoms with Crippen LogP contribution in [0.15, 0.2) is 12.4 Å². The van der Waals surface area contributed by atoms with E-state index in [0.29, 0.717) is 6.20 Å². The van der Waals surface area contributed by atoms with Crippen molar-refractivity contribution >= 4 is 0 Å². The van der Waals surface area contributed by atoms with Crippen molar-refractivity contribution in [3.63, 3.8) is 0 Å². The summed E-state index contributed by atoms with van der Waals surface area (Å²) in [4.78, 5) is 9.07. The van der Waals surface area contributed by atoms with E-state index in [1.807, 2.05) is 7.05 Å². The van der Waals surface area contributed by atoms with Gasteiger partial charge >= 0.3 is 6.18 Å². The van der Waals surface area contributed by atoms with Crippen LogP contribution in [-0.2, 0) is 6.18 Å². The van der Waals surface area contributed by atoms with Crippen LogP contribution in [0.2, 0.25) is 0 Å². The minimum absolute atomic E-state index is 0.0326. The molecule has 1 saturated heterocycles. The summed E-state index contributed by atoms with van der Waals surface area (Å²) in [5, 5.41) is 0. The Bertz CT molecular complexity index is 394. The zero-order valence-electron chi connectivity index (χ0n) is 9.94. The molecule has 1 aromatic heterocycles. The maximum atomic E-state index is 12.3. The Kier molecular flexibility index (Phi) is 3.70. The van der Waals surface area contributed by atoms with Crippen molar-refractivity contribution in [2.45, 2.75) is 25.1 Å². The second-order valence-electron chi connectivity index (χ2n) is 4.38. The van der Waals surface area contributed by atoms with Crippen LogP contribution in [-0.4, -0.2) is 41.1 Å². The number of aromatic nitrogens is 2. The first-order chi connectivity index (χ1) is 8.45. The molecule has 1 atom stereocenters.